The third kappa shape index (κ3) is 10.5. The minimum absolute atomic E-state index is 0.719. The molecule has 0 aromatic heterocycles. The van der Waals surface area contributed by atoms with Crippen LogP contribution in [0.5, 0.6) is 0 Å². The minimum atomic E-state index is -1.27. The van der Waals surface area contributed by atoms with Gasteiger partial charge in [0, 0.05) is 0 Å². The molecule has 0 unspecified atom stereocenters. The molecule has 2 nitrogen and oxygen atoms in total. The van der Waals surface area contributed by atoms with Crippen molar-refractivity contribution in [2.45, 2.75) is 72.0 Å². The Morgan fingerprint density at radius 1 is 0.850 bits per heavy atom. The van der Waals surface area contributed by atoms with Crippen LogP contribution in [0.2, 0.25) is 12.0 Å². The molecule has 0 saturated heterocycles. The molecule has 0 aromatic carbocycles. The maximum atomic E-state index is 2.67. The molecule has 0 aliphatic rings. The zero-order valence-corrected chi connectivity index (χ0v) is 18.6. The normalized spacial score (nSPS) is 12.2. The van der Waals surface area contributed by atoms with Crippen LogP contribution in [0.4, 0.5) is 0 Å². The first-order valence-electron chi connectivity index (χ1n) is 8.77. The van der Waals surface area contributed by atoms with Crippen LogP contribution in [-0.2, 0) is 0 Å². The van der Waals surface area contributed by atoms with Gasteiger partial charge in [-0.25, -0.2) is 0 Å². The van der Waals surface area contributed by atoms with Crippen molar-refractivity contribution in [3.05, 3.63) is 0 Å². The first kappa shape index (κ1) is 20.8. The number of hydrogen-bond acceptors (Lipinski definition) is 2. The van der Waals surface area contributed by atoms with Crippen molar-refractivity contribution in [1.82, 2.24) is 9.80 Å². The van der Waals surface area contributed by atoms with Gasteiger partial charge in [0.05, 0.1) is 0 Å². The summed E-state index contributed by atoms with van der Waals surface area (Å²) in [5.74, 6) is 0. The van der Waals surface area contributed by atoms with Gasteiger partial charge in [-0.05, 0) is 0 Å². The summed E-state index contributed by atoms with van der Waals surface area (Å²) in [4.78, 5) is 5.01. The topological polar surface area (TPSA) is 6.48 Å². The van der Waals surface area contributed by atoms with Crippen LogP contribution in [0, 0.1) is 0 Å². The van der Waals surface area contributed by atoms with E-state index in [4.69, 9.17) is 0 Å². The van der Waals surface area contributed by atoms with Crippen LogP contribution in [0.25, 0.3) is 0 Å². The summed E-state index contributed by atoms with van der Waals surface area (Å²) in [6.07, 6.45) is 4.19. The van der Waals surface area contributed by atoms with Gasteiger partial charge in [0.1, 0.15) is 0 Å². The first-order chi connectivity index (χ1) is 9.38. The van der Waals surface area contributed by atoms with E-state index in [1.807, 2.05) is 0 Å². The van der Waals surface area contributed by atoms with E-state index in [-0.39, 0.29) is 0 Å². The molecule has 0 aliphatic carbocycles. The van der Waals surface area contributed by atoms with E-state index in [2.05, 4.69) is 58.5 Å². The standard InChI is InChI=1S/C9H20N.C5H12N.C3H7.In/c1-5-7-10(8-6-2)9(3)4;1-4-5-6(2)3;1-3-2;/h9H,1,5-8H2,2-4H3;1,4-5H2,2-3H3;3H,1-2H3;. The van der Waals surface area contributed by atoms with Gasteiger partial charge in [-0.1, -0.05) is 0 Å². The third-order valence-electron chi connectivity index (χ3n) is 4.38. The molecule has 0 aromatic rings. The number of nitrogens with zero attached hydrogens (tertiary/aromatic N) is 2. The number of hydrogen-bond donors (Lipinski definition) is 0. The van der Waals surface area contributed by atoms with Crippen LogP contribution in [0.15, 0.2) is 0 Å². The van der Waals surface area contributed by atoms with Crippen molar-refractivity contribution in [3.8, 4) is 0 Å². The Bertz CT molecular complexity index is 217. The Balaban J connectivity index is 4.00. The van der Waals surface area contributed by atoms with E-state index < -0.39 is 21.4 Å². The van der Waals surface area contributed by atoms with Gasteiger partial charge in [-0.3, -0.25) is 0 Å². The average molecular weight is 386 g/mol. The Morgan fingerprint density at radius 2 is 1.40 bits per heavy atom. The van der Waals surface area contributed by atoms with Crippen molar-refractivity contribution < 1.29 is 0 Å². The molecule has 20 heavy (non-hydrogen) atoms. The van der Waals surface area contributed by atoms with E-state index in [0.29, 0.717) is 0 Å². The molecule has 0 radical (unpaired) electrons. The van der Waals surface area contributed by atoms with Crippen LogP contribution in [-0.4, -0.2) is 71.0 Å². The van der Waals surface area contributed by atoms with Crippen molar-refractivity contribution in [1.29, 1.82) is 0 Å². The molecule has 0 rings (SSSR count). The van der Waals surface area contributed by atoms with Gasteiger partial charge >= 0.3 is 137 Å². The quantitative estimate of drug-likeness (QED) is 0.492. The Morgan fingerprint density at radius 3 is 1.80 bits per heavy atom. The second kappa shape index (κ2) is 12.3. The van der Waals surface area contributed by atoms with Crippen molar-refractivity contribution in [3.63, 3.8) is 0 Å². The van der Waals surface area contributed by atoms with Gasteiger partial charge in [-0.15, -0.1) is 0 Å². The first-order valence-corrected chi connectivity index (χ1v) is 15.3. The monoisotopic (exact) mass is 386 g/mol. The predicted molar refractivity (Wildman–Crippen MR) is 95.3 cm³/mol. The van der Waals surface area contributed by atoms with Crippen molar-refractivity contribution in [2.24, 2.45) is 0 Å². The second-order valence-electron chi connectivity index (χ2n) is 7.22. The van der Waals surface area contributed by atoms with Crippen LogP contribution >= 0.6 is 0 Å². The van der Waals surface area contributed by atoms with Crippen molar-refractivity contribution >= 4 is 21.4 Å². The fourth-order valence-corrected chi connectivity index (χ4v) is 11.6. The predicted octanol–water partition coefficient (Wildman–Crippen LogP) is 4.35. The van der Waals surface area contributed by atoms with E-state index in [1.54, 1.807) is 8.35 Å². The van der Waals surface area contributed by atoms with Gasteiger partial charge in [0.25, 0.3) is 0 Å². The Hall–Kier alpha value is 0.790. The molecular formula is C17H39InN2. The van der Waals surface area contributed by atoms with E-state index in [0.717, 1.165) is 9.72 Å². The van der Waals surface area contributed by atoms with E-state index in [1.165, 1.54) is 38.9 Å². The van der Waals surface area contributed by atoms with E-state index >= 15 is 0 Å². The molecule has 0 aliphatic heterocycles. The molecule has 0 fully saturated rings. The van der Waals surface area contributed by atoms with Crippen molar-refractivity contribution in [2.75, 3.05) is 33.7 Å². The zero-order valence-electron chi connectivity index (χ0n) is 15.3. The maximum absolute atomic E-state index is 2.67. The summed E-state index contributed by atoms with van der Waals surface area (Å²) in [6.45, 7) is 15.9. The molecule has 0 heterocycles. The second-order valence-corrected chi connectivity index (χ2v) is 18.7. The van der Waals surface area contributed by atoms with Crippen LogP contribution in [0.1, 0.15) is 53.9 Å². The van der Waals surface area contributed by atoms with Gasteiger partial charge < -0.3 is 0 Å². The summed E-state index contributed by atoms with van der Waals surface area (Å²) in [5, 5.41) is 0. The zero-order chi connectivity index (χ0) is 15.5. The Kier molecular flexibility index (Phi) is 12.8. The summed E-state index contributed by atoms with van der Waals surface area (Å²) in [7, 11) is 4.40. The molecule has 0 atom stereocenters. The summed E-state index contributed by atoms with van der Waals surface area (Å²) in [6, 6.07) is 0.719. The van der Waals surface area contributed by atoms with Crippen LogP contribution < -0.4 is 0 Å². The molecule has 3 heteroatoms. The molecule has 120 valence electrons. The van der Waals surface area contributed by atoms with Crippen LogP contribution in [0.3, 0.4) is 0 Å². The van der Waals surface area contributed by atoms with Gasteiger partial charge in [-0.2, -0.15) is 0 Å². The third-order valence-corrected chi connectivity index (χ3v) is 16.3. The van der Waals surface area contributed by atoms with Gasteiger partial charge in [0.2, 0.25) is 0 Å². The number of rotatable bonds is 12. The average Bonchev–Trinajstić information content (AvgIpc) is 2.34. The summed E-state index contributed by atoms with van der Waals surface area (Å²) >= 11 is -1.27. The fraction of sp³-hybridized carbons (Fsp3) is 1.00. The van der Waals surface area contributed by atoms with E-state index in [9.17, 15) is 0 Å². The molecule has 0 bridgehead atoms. The summed E-state index contributed by atoms with van der Waals surface area (Å²) < 4.78 is 4.25. The SMILES string of the molecule is CCCN(CC[CH2][In]([CH2]CCN(C)C)[CH](C)C)C(C)C. The fourth-order valence-electron chi connectivity index (χ4n) is 2.95. The Labute approximate surface area is 136 Å². The summed E-state index contributed by atoms with van der Waals surface area (Å²) in [5.41, 5.74) is 0. The molecular weight excluding hydrogens is 347 g/mol. The molecule has 0 saturated carbocycles. The van der Waals surface area contributed by atoms with Gasteiger partial charge in [0.15, 0.2) is 0 Å². The molecule has 0 spiro atoms. The molecule has 0 N–H and O–H groups in total. The molecule has 0 amide bonds.